The van der Waals surface area contributed by atoms with Gasteiger partial charge in [-0.3, -0.25) is 4.90 Å². The highest BCUT2D eigenvalue weighted by atomic mass is 79.9. The van der Waals surface area contributed by atoms with Gasteiger partial charge >= 0.3 is 0 Å². The van der Waals surface area contributed by atoms with Crippen molar-refractivity contribution < 1.29 is 5.11 Å². The minimum Gasteiger partial charge on any atom is -0.509 e. The van der Waals surface area contributed by atoms with E-state index in [2.05, 4.69) is 45.7 Å². The fourth-order valence-electron chi connectivity index (χ4n) is 3.59. The van der Waals surface area contributed by atoms with E-state index in [1.54, 1.807) is 0 Å². The number of thiazole rings is 1. The second-order valence-corrected chi connectivity index (χ2v) is 8.89. The fourth-order valence-corrected chi connectivity index (χ4v) is 4.70. The summed E-state index contributed by atoms with van der Waals surface area (Å²) in [6, 6.07) is 10.0. The summed E-state index contributed by atoms with van der Waals surface area (Å²) in [6.07, 6.45) is 1.22. The van der Waals surface area contributed by atoms with Gasteiger partial charge in [0.2, 0.25) is 0 Å². The second-order valence-electron chi connectivity index (χ2n) is 7.12. The van der Waals surface area contributed by atoms with Crippen molar-refractivity contribution >= 4 is 32.8 Å². The maximum atomic E-state index is 10.6. The molecule has 2 unspecified atom stereocenters. The van der Waals surface area contributed by atoms with Gasteiger partial charge < -0.3 is 5.11 Å². The molecule has 1 aliphatic rings. The van der Waals surface area contributed by atoms with E-state index in [9.17, 15) is 10.4 Å². The molecule has 1 saturated heterocycles. The van der Waals surface area contributed by atoms with Gasteiger partial charge in [-0.15, -0.1) is 11.3 Å². The smallest absolute Gasteiger partial charge is 0.138 e. The van der Waals surface area contributed by atoms with E-state index in [-0.39, 0.29) is 11.3 Å². The number of nitriles is 1. The molecule has 2 aromatic rings. The lowest BCUT2D eigenvalue weighted by Gasteiger charge is -2.34. The van der Waals surface area contributed by atoms with Crippen molar-refractivity contribution in [3.8, 4) is 17.3 Å². The number of aromatic nitrogens is 1. The normalized spacial score (nSPS) is 21.9. The zero-order valence-electron chi connectivity index (χ0n) is 14.9. The average molecular weight is 432 g/mol. The highest BCUT2D eigenvalue weighted by Gasteiger charge is 2.24. The van der Waals surface area contributed by atoms with Gasteiger partial charge in [0.05, 0.1) is 12.2 Å². The van der Waals surface area contributed by atoms with Crippen LogP contribution in [0.5, 0.6) is 0 Å². The van der Waals surface area contributed by atoms with Crippen molar-refractivity contribution in [1.82, 2.24) is 9.88 Å². The summed E-state index contributed by atoms with van der Waals surface area (Å²) in [4.78, 5) is 6.80. The number of rotatable bonds is 4. The SMILES string of the molecule is CC1CC(C)CN(CC(O)=C(C#N)c2nc(-c3ccc(Br)cc3)cs2)C1. The summed E-state index contributed by atoms with van der Waals surface area (Å²) in [7, 11) is 0. The van der Waals surface area contributed by atoms with Gasteiger partial charge in [-0.1, -0.05) is 41.9 Å². The van der Waals surface area contributed by atoms with E-state index in [1.807, 2.05) is 29.6 Å². The van der Waals surface area contributed by atoms with Crippen LogP contribution < -0.4 is 0 Å². The van der Waals surface area contributed by atoms with Crippen LogP contribution in [0.1, 0.15) is 25.3 Å². The lowest BCUT2D eigenvalue weighted by molar-refractivity contribution is 0.138. The number of nitrogens with zero attached hydrogens (tertiary/aromatic N) is 3. The quantitative estimate of drug-likeness (QED) is 0.523. The van der Waals surface area contributed by atoms with Gasteiger partial charge in [0.15, 0.2) is 0 Å². The predicted molar refractivity (Wildman–Crippen MR) is 110 cm³/mol. The van der Waals surface area contributed by atoms with Crippen LogP contribution in [0.4, 0.5) is 0 Å². The molecule has 0 radical (unpaired) electrons. The molecule has 0 aliphatic carbocycles. The van der Waals surface area contributed by atoms with Crippen LogP contribution in [0.2, 0.25) is 0 Å². The minimum atomic E-state index is 0.116. The summed E-state index contributed by atoms with van der Waals surface area (Å²) in [5.41, 5.74) is 2.09. The number of aliphatic hydroxyl groups excluding tert-OH is 1. The Morgan fingerprint density at radius 1 is 1.31 bits per heavy atom. The van der Waals surface area contributed by atoms with Crippen LogP contribution in [0.25, 0.3) is 16.8 Å². The molecule has 1 aliphatic heterocycles. The largest absolute Gasteiger partial charge is 0.509 e. The third-order valence-corrected chi connectivity index (χ3v) is 5.96. The topological polar surface area (TPSA) is 60.1 Å². The van der Waals surface area contributed by atoms with E-state index in [4.69, 9.17) is 0 Å². The molecule has 1 N–H and O–H groups in total. The Kier molecular flexibility index (Phi) is 6.13. The van der Waals surface area contributed by atoms with Gasteiger partial charge in [0.1, 0.15) is 22.4 Å². The van der Waals surface area contributed by atoms with E-state index in [0.717, 1.165) is 28.8 Å². The lowest BCUT2D eigenvalue weighted by Crippen LogP contribution is -2.39. The number of hydrogen-bond acceptors (Lipinski definition) is 5. The van der Waals surface area contributed by atoms with Crippen molar-refractivity contribution in [1.29, 1.82) is 5.26 Å². The summed E-state index contributed by atoms with van der Waals surface area (Å²) in [6.45, 7) is 6.79. The van der Waals surface area contributed by atoms with Gasteiger partial charge in [0.25, 0.3) is 0 Å². The molecule has 0 bridgehead atoms. The number of benzene rings is 1. The third-order valence-electron chi connectivity index (χ3n) is 4.58. The maximum absolute atomic E-state index is 10.6. The standard InChI is InChI=1S/C20H22BrN3OS/c1-13-7-14(2)10-24(9-13)11-19(25)17(8-22)20-23-18(12-26-20)15-3-5-16(21)6-4-15/h3-6,12-14,25H,7,9-11H2,1-2H3. The van der Waals surface area contributed by atoms with Crippen LogP contribution >= 0.6 is 27.3 Å². The van der Waals surface area contributed by atoms with E-state index in [0.29, 0.717) is 23.4 Å². The zero-order chi connectivity index (χ0) is 18.7. The number of likely N-dealkylation sites (tertiary alicyclic amines) is 1. The van der Waals surface area contributed by atoms with Gasteiger partial charge in [-0.2, -0.15) is 5.26 Å². The molecular weight excluding hydrogens is 410 g/mol. The first kappa shape index (κ1) is 19.1. The molecule has 1 aromatic heterocycles. The Bertz CT molecular complexity index is 827. The summed E-state index contributed by atoms with van der Waals surface area (Å²) in [5, 5.41) is 22.6. The first-order valence-electron chi connectivity index (χ1n) is 8.72. The molecule has 1 fully saturated rings. The monoisotopic (exact) mass is 431 g/mol. The average Bonchev–Trinajstić information content (AvgIpc) is 3.05. The number of halogens is 1. The number of hydrogen-bond donors (Lipinski definition) is 1. The highest BCUT2D eigenvalue weighted by molar-refractivity contribution is 9.10. The first-order chi connectivity index (χ1) is 12.5. The Balaban J connectivity index is 1.80. The highest BCUT2D eigenvalue weighted by Crippen LogP contribution is 2.29. The molecule has 3 rings (SSSR count). The summed E-state index contributed by atoms with van der Waals surface area (Å²) < 4.78 is 1.01. The second kappa shape index (κ2) is 8.34. The van der Waals surface area contributed by atoms with Gasteiger partial charge in [-0.05, 0) is 30.4 Å². The lowest BCUT2D eigenvalue weighted by atomic mass is 9.92. The summed E-state index contributed by atoms with van der Waals surface area (Å²) >= 11 is 4.82. The molecule has 136 valence electrons. The molecule has 2 atom stereocenters. The molecule has 1 aromatic carbocycles. The van der Waals surface area contributed by atoms with Crippen molar-refractivity contribution in [2.75, 3.05) is 19.6 Å². The molecule has 0 saturated carbocycles. The molecular formula is C20H22BrN3OS. The number of allylic oxidation sites excluding steroid dienone is 1. The van der Waals surface area contributed by atoms with Crippen molar-refractivity contribution in [2.45, 2.75) is 20.3 Å². The Morgan fingerprint density at radius 2 is 1.96 bits per heavy atom. The van der Waals surface area contributed by atoms with Crippen LogP contribution in [-0.2, 0) is 0 Å². The minimum absolute atomic E-state index is 0.116. The van der Waals surface area contributed by atoms with Crippen LogP contribution in [0.15, 0.2) is 39.9 Å². The van der Waals surface area contributed by atoms with Crippen LogP contribution in [0.3, 0.4) is 0 Å². The first-order valence-corrected chi connectivity index (χ1v) is 10.4. The summed E-state index contributed by atoms with van der Waals surface area (Å²) in [5.74, 6) is 1.34. The van der Waals surface area contributed by atoms with E-state index >= 15 is 0 Å². The van der Waals surface area contributed by atoms with Crippen molar-refractivity contribution in [2.24, 2.45) is 11.8 Å². The van der Waals surface area contributed by atoms with Gasteiger partial charge in [0, 0.05) is 28.5 Å². The third kappa shape index (κ3) is 4.53. The Labute approximate surface area is 166 Å². The van der Waals surface area contributed by atoms with E-state index in [1.165, 1.54) is 17.8 Å². The molecule has 2 heterocycles. The Morgan fingerprint density at radius 3 is 2.58 bits per heavy atom. The van der Waals surface area contributed by atoms with E-state index < -0.39 is 0 Å². The maximum Gasteiger partial charge on any atom is 0.138 e. The zero-order valence-corrected chi connectivity index (χ0v) is 17.3. The number of piperidine rings is 1. The van der Waals surface area contributed by atoms with Crippen molar-refractivity contribution in [3.05, 3.63) is 44.9 Å². The molecule has 26 heavy (non-hydrogen) atoms. The van der Waals surface area contributed by atoms with Crippen molar-refractivity contribution in [3.63, 3.8) is 0 Å². The molecule has 4 nitrogen and oxygen atoms in total. The molecule has 0 spiro atoms. The predicted octanol–water partition coefficient (Wildman–Crippen LogP) is 5.34. The Hall–Kier alpha value is -1.68. The fraction of sp³-hybridized carbons (Fsp3) is 0.400. The molecule has 6 heteroatoms. The number of aliphatic hydroxyl groups is 1. The molecule has 0 amide bonds. The van der Waals surface area contributed by atoms with Crippen LogP contribution in [0, 0.1) is 23.2 Å². The van der Waals surface area contributed by atoms with Crippen LogP contribution in [-0.4, -0.2) is 34.6 Å². The van der Waals surface area contributed by atoms with Gasteiger partial charge in [-0.25, -0.2) is 4.98 Å².